The summed E-state index contributed by atoms with van der Waals surface area (Å²) in [5.41, 5.74) is 1.06. The summed E-state index contributed by atoms with van der Waals surface area (Å²) in [6, 6.07) is 6.32. The van der Waals surface area contributed by atoms with E-state index < -0.39 is 4.92 Å². The van der Waals surface area contributed by atoms with Crippen molar-refractivity contribution < 1.29 is 9.72 Å². The van der Waals surface area contributed by atoms with Crippen molar-refractivity contribution in [1.82, 2.24) is 10.6 Å². The summed E-state index contributed by atoms with van der Waals surface area (Å²) in [4.78, 5) is 22.0. The second-order valence-electron chi connectivity index (χ2n) is 5.16. The van der Waals surface area contributed by atoms with E-state index in [9.17, 15) is 14.9 Å². The SMILES string of the molecule is CC1CCNC1C(=O)NCCc1ccc([N+](=O)[O-])cc1. The van der Waals surface area contributed by atoms with Crippen LogP contribution in [0.5, 0.6) is 0 Å². The summed E-state index contributed by atoms with van der Waals surface area (Å²) in [5.74, 6) is 0.409. The lowest BCUT2D eigenvalue weighted by Crippen LogP contribution is -2.43. The maximum Gasteiger partial charge on any atom is 0.269 e. The van der Waals surface area contributed by atoms with Crippen molar-refractivity contribution in [3.05, 3.63) is 39.9 Å². The lowest BCUT2D eigenvalue weighted by atomic mass is 10.0. The number of amides is 1. The van der Waals surface area contributed by atoms with Crippen molar-refractivity contribution >= 4 is 11.6 Å². The van der Waals surface area contributed by atoms with Crippen LogP contribution in [0.1, 0.15) is 18.9 Å². The van der Waals surface area contributed by atoms with Crippen molar-refractivity contribution in [3.63, 3.8) is 0 Å². The molecular weight excluding hydrogens is 258 g/mol. The summed E-state index contributed by atoms with van der Waals surface area (Å²) in [6.07, 6.45) is 1.70. The van der Waals surface area contributed by atoms with E-state index in [2.05, 4.69) is 17.6 Å². The van der Waals surface area contributed by atoms with Gasteiger partial charge in [0.05, 0.1) is 11.0 Å². The fraction of sp³-hybridized carbons (Fsp3) is 0.500. The quantitative estimate of drug-likeness (QED) is 0.626. The molecule has 1 saturated heterocycles. The molecule has 0 spiro atoms. The van der Waals surface area contributed by atoms with Gasteiger partial charge in [0, 0.05) is 18.7 Å². The molecule has 0 radical (unpaired) electrons. The number of benzene rings is 1. The zero-order valence-corrected chi connectivity index (χ0v) is 11.5. The number of nitro benzene ring substituents is 1. The van der Waals surface area contributed by atoms with Crippen LogP contribution in [-0.4, -0.2) is 30.0 Å². The predicted molar refractivity (Wildman–Crippen MR) is 75.4 cm³/mol. The van der Waals surface area contributed by atoms with Gasteiger partial charge in [0.25, 0.3) is 5.69 Å². The molecule has 2 rings (SSSR count). The van der Waals surface area contributed by atoms with Gasteiger partial charge in [-0.05, 0) is 30.9 Å². The average Bonchev–Trinajstić information content (AvgIpc) is 2.85. The molecular formula is C14H19N3O3. The van der Waals surface area contributed by atoms with Crippen LogP contribution in [0.4, 0.5) is 5.69 Å². The second-order valence-corrected chi connectivity index (χ2v) is 5.16. The normalized spacial score (nSPS) is 21.6. The highest BCUT2D eigenvalue weighted by Gasteiger charge is 2.28. The molecule has 20 heavy (non-hydrogen) atoms. The van der Waals surface area contributed by atoms with Gasteiger partial charge in [-0.25, -0.2) is 0 Å². The molecule has 1 aromatic carbocycles. The Morgan fingerprint density at radius 2 is 2.15 bits per heavy atom. The fourth-order valence-corrected chi connectivity index (χ4v) is 2.41. The fourth-order valence-electron chi connectivity index (χ4n) is 2.41. The molecule has 2 unspecified atom stereocenters. The van der Waals surface area contributed by atoms with E-state index in [0.29, 0.717) is 18.9 Å². The molecule has 0 aliphatic carbocycles. The number of nitrogens with zero attached hydrogens (tertiary/aromatic N) is 1. The third kappa shape index (κ3) is 3.54. The van der Waals surface area contributed by atoms with Crippen molar-refractivity contribution in [2.75, 3.05) is 13.1 Å². The topological polar surface area (TPSA) is 84.3 Å². The third-order valence-electron chi connectivity index (χ3n) is 3.68. The zero-order valence-electron chi connectivity index (χ0n) is 11.5. The molecule has 6 nitrogen and oxygen atoms in total. The smallest absolute Gasteiger partial charge is 0.269 e. The van der Waals surface area contributed by atoms with Crippen molar-refractivity contribution in [2.24, 2.45) is 5.92 Å². The minimum absolute atomic E-state index is 0.0388. The van der Waals surface area contributed by atoms with Gasteiger partial charge >= 0.3 is 0 Å². The van der Waals surface area contributed by atoms with E-state index in [-0.39, 0.29) is 17.6 Å². The lowest BCUT2D eigenvalue weighted by molar-refractivity contribution is -0.384. The van der Waals surface area contributed by atoms with Gasteiger partial charge in [-0.2, -0.15) is 0 Å². The first-order chi connectivity index (χ1) is 9.58. The number of rotatable bonds is 5. The maximum atomic E-state index is 11.9. The number of carbonyl (C=O) groups excluding carboxylic acids is 1. The van der Waals surface area contributed by atoms with Gasteiger partial charge < -0.3 is 10.6 Å². The molecule has 1 aliphatic heterocycles. The van der Waals surface area contributed by atoms with Gasteiger partial charge in [-0.3, -0.25) is 14.9 Å². The maximum absolute atomic E-state index is 11.9. The third-order valence-corrected chi connectivity index (χ3v) is 3.68. The molecule has 0 saturated carbocycles. The lowest BCUT2D eigenvalue weighted by Gasteiger charge is -2.15. The van der Waals surface area contributed by atoms with Crippen LogP contribution in [0.15, 0.2) is 24.3 Å². The van der Waals surface area contributed by atoms with Crippen molar-refractivity contribution in [1.29, 1.82) is 0 Å². The van der Waals surface area contributed by atoms with Crippen molar-refractivity contribution in [2.45, 2.75) is 25.8 Å². The Morgan fingerprint density at radius 3 is 2.70 bits per heavy atom. The number of nitrogens with one attached hydrogen (secondary N) is 2. The van der Waals surface area contributed by atoms with Gasteiger partial charge in [-0.1, -0.05) is 19.1 Å². The number of non-ortho nitro benzene ring substituents is 1. The highest BCUT2D eigenvalue weighted by molar-refractivity contribution is 5.82. The molecule has 1 amide bonds. The Labute approximate surface area is 117 Å². The van der Waals surface area contributed by atoms with E-state index in [1.54, 1.807) is 12.1 Å². The van der Waals surface area contributed by atoms with Crippen LogP contribution in [-0.2, 0) is 11.2 Å². The first-order valence-electron chi connectivity index (χ1n) is 6.82. The Bertz CT molecular complexity index is 487. The summed E-state index contributed by atoms with van der Waals surface area (Å²) in [7, 11) is 0. The number of carbonyl (C=O) groups is 1. The molecule has 2 N–H and O–H groups in total. The van der Waals surface area contributed by atoms with Crippen LogP contribution in [0.2, 0.25) is 0 Å². The molecule has 6 heteroatoms. The highest BCUT2D eigenvalue weighted by atomic mass is 16.6. The van der Waals surface area contributed by atoms with Crippen LogP contribution < -0.4 is 10.6 Å². The number of hydrogen-bond donors (Lipinski definition) is 2. The van der Waals surface area contributed by atoms with Gasteiger partial charge in [0.15, 0.2) is 0 Å². The van der Waals surface area contributed by atoms with E-state index in [1.807, 2.05) is 0 Å². The second kappa shape index (κ2) is 6.47. The average molecular weight is 277 g/mol. The van der Waals surface area contributed by atoms with Crippen LogP contribution in [0, 0.1) is 16.0 Å². The molecule has 0 aromatic heterocycles. The van der Waals surface area contributed by atoms with E-state index in [1.165, 1.54) is 12.1 Å². The Kier molecular flexibility index (Phi) is 4.68. The molecule has 1 heterocycles. The molecule has 1 aromatic rings. The van der Waals surface area contributed by atoms with Crippen LogP contribution >= 0.6 is 0 Å². The Morgan fingerprint density at radius 1 is 1.45 bits per heavy atom. The monoisotopic (exact) mass is 277 g/mol. The number of nitro groups is 1. The molecule has 1 fully saturated rings. The van der Waals surface area contributed by atoms with E-state index >= 15 is 0 Å². The first-order valence-corrected chi connectivity index (χ1v) is 6.82. The molecule has 1 aliphatic rings. The predicted octanol–water partition coefficient (Wildman–Crippen LogP) is 1.25. The summed E-state index contributed by atoms with van der Waals surface area (Å²) in [6.45, 7) is 3.50. The molecule has 2 atom stereocenters. The first kappa shape index (κ1) is 14.5. The number of hydrogen-bond acceptors (Lipinski definition) is 4. The van der Waals surface area contributed by atoms with Gasteiger partial charge in [-0.15, -0.1) is 0 Å². The summed E-state index contributed by atoms with van der Waals surface area (Å²) < 4.78 is 0. The van der Waals surface area contributed by atoms with Gasteiger partial charge in [0.1, 0.15) is 0 Å². The van der Waals surface area contributed by atoms with Crippen molar-refractivity contribution in [3.8, 4) is 0 Å². The minimum Gasteiger partial charge on any atom is -0.354 e. The molecule has 0 bridgehead atoms. The standard InChI is InChI=1S/C14H19N3O3/c1-10-6-8-15-13(10)14(18)16-9-7-11-2-4-12(5-3-11)17(19)20/h2-5,10,13,15H,6-9H2,1H3,(H,16,18). The molecule has 108 valence electrons. The van der Waals surface area contributed by atoms with Gasteiger partial charge in [0.2, 0.25) is 5.91 Å². The van der Waals surface area contributed by atoms with E-state index in [0.717, 1.165) is 18.5 Å². The minimum atomic E-state index is -0.418. The van der Waals surface area contributed by atoms with Crippen LogP contribution in [0.25, 0.3) is 0 Å². The summed E-state index contributed by atoms with van der Waals surface area (Å²) in [5, 5.41) is 16.6. The zero-order chi connectivity index (χ0) is 14.5. The Hall–Kier alpha value is -1.95. The Balaban J connectivity index is 1.78. The van der Waals surface area contributed by atoms with Crippen LogP contribution in [0.3, 0.4) is 0 Å². The summed E-state index contributed by atoms with van der Waals surface area (Å²) >= 11 is 0. The largest absolute Gasteiger partial charge is 0.354 e. The van der Waals surface area contributed by atoms with E-state index in [4.69, 9.17) is 0 Å². The highest BCUT2D eigenvalue weighted by Crippen LogP contribution is 2.14.